The van der Waals surface area contributed by atoms with E-state index in [9.17, 15) is 0 Å². The standard InChI is InChI=1S/C13H21.3CH2O.Fe/c1-3-5-8-12-10-7-11-13(12)9-6-4-2;3*1-2;/h10H,3-9H2,1-2H3;3*1H2;/q-1;;;;. The summed E-state index contributed by atoms with van der Waals surface area (Å²) >= 11 is 0. The predicted octanol–water partition coefficient (Wildman–Crippen LogP) is 3.87. The van der Waals surface area contributed by atoms with E-state index in [2.05, 4.69) is 26.0 Å². The van der Waals surface area contributed by atoms with Crippen LogP contribution in [-0.4, -0.2) is 20.4 Å². The van der Waals surface area contributed by atoms with Crippen LogP contribution >= 0.6 is 0 Å². The third kappa shape index (κ3) is 15.1. The molecule has 0 amide bonds. The molecule has 0 heterocycles. The van der Waals surface area contributed by atoms with Crippen molar-refractivity contribution in [2.75, 3.05) is 0 Å². The zero-order valence-electron chi connectivity index (χ0n) is 12.7. The maximum atomic E-state index is 8.00. The van der Waals surface area contributed by atoms with Crippen molar-refractivity contribution in [2.24, 2.45) is 0 Å². The second kappa shape index (κ2) is 26.5. The van der Waals surface area contributed by atoms with Gasteiger partial charge in [-0.2, -0.15) is 11.6 Å². The fraction of sp³-hybridized carbons (Fsp3) is 0.562. The SMILES string of the molecule is C=O.C=O.C=O.CCCCC1=[C-]CC=C1CCCC.[Fe]. The number of carbonyl (C=O) groups excluding carboxylic acids is 3. The van der Waals surface area contributed by atoms with Crippen molar-refractivity contribution in [2.45, 2.75) is 58.8 Å². The molecule has 0 atom stereocenters. The van der Waals surface area contributed by atoms with E-state index in [1.165, 1.54) is 44.1 Å². The van der Waals surface area contributed by atoms with Gasteiger partial charge in [0.2, 0.25) is 0 Å². The van der Waals surface area contributed by atoms with Crippen LogP contribution in [0.3, 0.4) is 0 Å². The molecule has 1 rings (SSSR count). The molecule has 0 bridgehead atoms. The Morgan fingerprint density at radius 2 is 1.40 bits per heavy atom. The van der Waals surface area contributed by atoms with Gasteiger partial charge in [0, 0.05) is 17.1 Å². The van der Waals surface area contributed by atoms with Gasteiger partial charge < -0.3 is 14.4 Å². The Morgan fingerprint density at radius 3 is 1.85 bits per heavy atom. The average Bonchev–Trinajstić information content (AvgIpc) is 2.96. The van der Waals surface area contributed by atoms with Crippen molar-refractivity contribution < 1.29 is 31.5 Å². The summed E-state index contributed by atoms with van der Waals surface area (Å²) in [5.74, 6) is 0. The number of hydrogen-bond donors (Lipinski definition) is 0. The Balaban J connectivity index is -0.000000162. The molecule has 3 nitrogen and oxygen atoms in total. The zero-order chi connectivity index (χ0) is 15.5. The molecule has 0 aromatic carbocycles. The number of allylic oxidation sites excluding steroid dienone is 4. The summed E-state index contributed by atoms with van der Waals surface area (Å²) in [4.78, 5) is 24.0. The van der Waals surface area contributed by atoms with Crippen molar-refractivity contribution >= 4 is 20.4 Å². The molecule has 0 aromatic heterocycles. The Kier molecular flexibility index (Phi) is 36.3. The molecule has 20 heavy (non-hydrogen) atoms. The van der Waals surface area contributed by atoms with E-state index in [1.807, 2.05) is 20.4 Å². The Labute approximate surface area is 134 Å². The Morgan fingerprint density at radius 1 is 0.950 bits per heavy atom. The first-order chi connectivity index (χ1) is 9.38. The maximum Gasteiger partial charge on any atom is 0.106 e. The average molecular weight is 323 g/mol. The van der Waals surface area contributed by atoms with Gasteiger partial charge in [0.05, 0.1) is 0 Å². The summed E-state index contributed by atoms with van der Waals surface area (Å²) < 4.78 is 0. The summed E-state index contributed by atoms with van der Waals surface area (Å²) in [6.07, 6.45) is 14.7. The molecule has 0 saturated carbocycles. The molecule has 0 aromatic rings. The number of unbranched alkanes of at least 4 members (excludes halogenated alkanes) is 2. The van der Waals surface area contributed by atoms with E-state index < -0.39 is 0 Å². The van der Waals surface area contributed by atoms with Gasteiger partial charge in [-0.1, -0.05) is 52.4 Å². The van der Waals surface area contributed by atoms with Gasteiger partial charge in [-0.15, -0.1) is 6.42 Å². The van der Waals surface area contributed by atoms with Crippen molar-refractivity contribution in [3.05, 3.63) is 23.3 Å². The Bertz CT molecular complexity index is 223. The first-order valence-electron chi connectivity index (χ1n) is 6.54. The monoisotopic (exact) mass is 323 g/mol. The summed E-state index contributed by atoms with van der Waals surface area (Å²) in [6, 6.07) is 0. The molecule has 4 heteroatoms. The molecular formula is C16H27FeO3-. The van der Waals surface area contributed by atoms with Gasteiger partial charge >= 0.3 is 0 Å². The molecule has 1 aliphatic carbocycles. The minimum absolute atomic E-state index is 0. The smallest absolute Gasteiger partial charge is 0.106 e. The van der Waals surface area contributed by atoms with Crippen LogP contribution in [0.5, 0.6) is 0 Å². The maximum absolute atomic E-state index is 8.00. The van der Waals surface area contributed by atoms with Gasteiger partial charge in [0.15, 0.2) is 0 Å². The van der Waals surface area contributed by atoms with Crippen molar-refractivity contribution in [3.8, 4) is 0 Å². The van der Waals surface area contributed by atoms with Gasteiger partial charge in [0.1, 0.15) is 20.4 Å². The fourth-order valence-electron chi connectivity index (χ4n) is 1.76. The summed E-state index contributed by atoms with van der Waals surface area (Å²) in [5, 5.41) is 0. The number of rotatable bonds is 6. The quantitative estimate of drug-likeness (QED) is 0.551. The summed E-state index contributed by atoms with van der Waals surface area (Å²) in [7, 11) is 0. The molecule has 0 spiro atoms. The zero-order valence-corrected chi connectivity index (χ0v) is 13.8. The van der Waals surface area contributed by atoms with Crippen LogP contribution < -0.4 is 0 Å². The molecule has 0 aliphatic heterocycles. The second-order valence-corrected chi connectivity index (χ2v) is 3.80. The molecule has 1 aliphatic rings. The minimum Gasteiger partial charge on any atom is -0.307 e. The van der Waals surface area contributed by atoms with E-state index in [0.29, 0.717) is 0 Å². The van der Waals surface area contributed by atoms with Gasteiger partial charge in [0.25, 0.3) is 0 Å². The van der Waals surface area contributed by atoms with Crippen LogP contribution in [0.25, 0.3) is 0 Å². The molecule has 0 unspecified atom stereocenters. The molecule has 0 fully saturated rings. The topological polar surface area (TPSA) is 51.2 Å². The summed E-state index contributed by atoms with van der Waals surface area (Å²) in [6.45, 7) is 10.5. The van der Waals surface area contributed by atoms with Gasteiger partial charge in [-0.3, -0.25) is 6.08 Å². The number of carbonyl (C=O) groups is 3. The fourth-order valence-corrected chi connectivity index (χ4v) is 1.76. The van der Waals surface area contributed by atoms with Crippen molar-refractivity contribution in [3.63, 3.8) is 0 Å². The molecule has 0 saturated heterocycles. The van der Waals surface area contributed by atoms with Crippen LogP contribution in [-0.2, 0) is 31.5 Å². The van der Waals surface area contributed by atoms with Crippen LogP contribution in [0.4, 0.5) is 0 Å². The van der Waals surface area contributed by atoms with Crippen molar-refractivity contribution in [1.29, 1.82) is 0 Å². The van der Waals surface area contributed by atoms with Crippen LogP contribution in [0.2, 0.25) is 0 Å². The first kappa shape index (κ1) is 27.4. The summed E-state index contributed by atoms with van der Waals surface area (Å²) in [5.41, 5.74) is 3.12. The molecular weight excluding hydrogens is 296 g/mol. The minimum atomic E-state index is 0. The molecule has 0 radical (unpaired) electrons. The largest absolute Gasteiger partial charge is 0.307 e. The first-order valence-corrected chi connectivity index (χ1v) is 6.54. The number of hydrogen-bond acceptors (Lipinski definition) is 3. The predicted molar refractivity (Wildman–Crippen MR) is 79.9 cm³/mol. The van der Waals surface area contributed by atoms with E-state index in [0.717, 1.165) is 6.42 Å². The third-order valence-electron chi connectivity index (χ3n) is 2.63. The van der Waals surface area contributed by atoms with Gasteiger partial charge in [-0.05, 0) is 0 Å². The van der Waals surface area contributed by atoms with Crippen LogP contribution in [0.15, 0.2) is 17.2 Å². The van der Waals surface area contributed by atoms with Crippen LogP contribution in [0, 0.1) is 6.08 Å². The van der Waals surface area contributed by atoms with E-state index in [-0.39, 0.29) is 17.1 Å². The molecule has 0 N–H and O–H groups in total. The Hall–Kier alpha value is -0.991. The van der Waals surface area contributed by atoms with Crippen molar-refractivity contribution in [1.82, 2.24) is 0 Å². The van der Waals surface area contributed by atoms with E-state index in [4.69, 9.17) is 14.4 Å². The van der Waals surface area contributed by atoms with E-state index in [1.54, 1.807) is 5.57 Å². The molecule has 118 valence electrons. The third-order valence-corrected chi connectivity index (χ3v) is 2.63. The normalized spacial score (nSPS) is 10.9. The second-order valence-electron chi connectivity index (χ2n) is 3.80. The van der Waals surface area contributed by atoms with E-state index >= 15 is 0 Å². The van der Waals surface area contributed by atoms with Gasteiger partial charge in [-0.25, -0.2) is 5.57 Å². The van der Waals surface area contributed by atoms with Crippen LogP contribution in [0.1, 0.15) is 58.8 Å².